The van der Waals surface area contributed by atoms with Crippen molar-refractivity contribution in [1.29, 1.82) is 0 Å². The van der Waals surface area contributed by atoms with Crippen molar-refractivity contribution >= 4 is 23.4 Å². The first-order valence-electron chi connectivity index (χ1n) is 3.69. The van der Waals surface area contributed by atoms with Gasteiger partial charge in [0.1, 0.15) is 5.82 Å². The first-order chi connectivity index (χ1) is 6.65. The van der Waals surface area contributed by atoms with Crippen LogP contribution in [0, 0.1) is 11.8 Å². The summed E-state index contributed by atoms with van der Waals surface area (Å²) in [4.78, 5) is 14.3. The fraction of sp³-hybridized carbons (Fsp3) is 0.111. The molecule has 0 aliphatic rings. The fourth-order valence-corrected chi connectivity index (χ4v) is 0.888. The summed E-state index contributed by atoms with van der Waals surface area (Å²) in [5, 5.41) is 8.67. The maximum atomic E-state index is 10.6. The van der Waals surface area contributed by atoms with Crippen molar-refractivity contribution in [1.82, 2.24) is 4.98 Å². The zero-order chi connectivity index (χ0) is 10.6. The van der Waals surface area contributed by atoms with Gasteiger partial charge in [0.05, 0.1) is 17.0 Å². The molecule has 5 heteroatoms. The predicted molar refractivity (Wildman–Crippen MR) is 53.2 cm³/mol. The van der Waals surface area contributed by atoms with Crippen LogP contribution in [0.4, 0.5) is 5.82 Å². The van der Waals surface area contributed by atoms with Gasteiger partial charge in [-0.25, -0.2) is 9.78 Å². The molecule has 0 atom stereocenters. The first-order valence-corrected chi connectivity index (χ1v) is 4.22. The topological polar surface area (TPSA) is 76.2 Å². The summed E-state index contributed by atoms with van der Waals surface area (Å²) in [6.45, 7) is 0. The van der Waals surface area contributed by atoms with Crippen molar-refractivity contribution in [3.8, 4) is 11.8 Å². The van der Waals surface area contributed by atoms with Gasteiger partial charge in [0.15, 0.2) is 0 Å². The van der Waals surface area contributed by atoms with Crippen LogP contribution in [-0.4, -0.2) is 21.9 Å². The first kappa shape index (κ1) is 10.4. The quantitative estimate of drug-likeness (QED) is 0.535. The molecular formula is C9H7ClN2O2. The van der Waals surface area contributed by atoms with E-state index in [-0.39, 0.29) is 17.3 Å². The van der Waals surface area contributed by atoms with Crippen LogP contribution in [0.2, 0.25) is 0 Å². The molecule has 1 aromatic heterocycles. The van der Waals surface area contributed by atoms with Gasteiger partial charge in [0, 0.05) is 6.20 Å². The minimum Gasteiger partial charge on any atom is -0.478 e. The summed E-state index contributed by atoms with van der Waals surface area (Å²) < 4.78 is 0. The molecule has 0 fully saturated rings. The van der Waals surface area contributed by atoms with Crippen molar-refractivity contribution in [2.45, 2.75) is 0 Å². The molecular weight excluding hydrogens is 204 g/mol. The lowest BCUT2D eigenvalue weighted by Crippen LogP contribution is -2.01. The van der Waals surface area contributed by atoms with Crippen molar-refractivity contribution in [3.63, 3.8) is 0 Å². The second kappa shape index (κ2) is 4.49. The maximum Gasteiger partial charge on any atom is 0.337 e. The van der Waals surface area contributed by atoms with Gasteiger partial charge < -0.3 is 10.8 Å². The molecule has 0 saturated heterocycles. The number of carboxylic acids is 1. The molecule has 14 heavy (non-hydrogen) atoms. The van der Waals surface area contributed by atoms with E-state index in [0.717, 1.165) is 0 Å². The van der Waals surface area contributed by atoms with E-state index in [1.54, 1.807) is 0 Å². The van der Waals surface area contributed by atoms with Gasteiger partial charge in [-0.2, -0.15) is 0 Å². The molecule has 0 aliphatic carbocycles. The SMILES string of the molecule is Nc1ncc(C(=O)O)cc1C#CCCl. The summed E-state index contributed by atoms with van der Waals surface area (Å²) in [6, 6.07) is 1.37. The molecule has 0 spiro atoms. The Hall–Kier alpha value is -1.73. The summed E-state index contributed by atoms with van der Waals surface area (Å²) in [5.74, 6) is 4.50. The van der Waals surface area contributed by atoms with E-state index in [1.165, 1.54) is 12.3 Å². The summed E-state index contributed by atoms with van der Waals surface area (Å²) >= 11 is 5.35. The van der Waals surface area contributed by atoms with Gasteiger partial charge in [-0.3, -0.25) is 0 Å². The van der Waals surface area contributed by atoms with Crippen LogP contribution >= 0.6 is 11.6 Å². The molecule has 0 radical (unpaired) electrons. The van der Waals surface area contributed by atoms with E-state index < -0.39 is 5.97 Å². The molecule has 0 unspecified atom stereocenters. The zero-order valence-electron chi connectivity index (χ0n) is 7.12. The molecule has 1 heterocycles. The number of nitrogens with zero attached hydrogens (tertiary/aromatic N) is 1. The van der Waals surface area contributed by atoms with Crippen LogP contribution in [0.1, 0.15) is 15.9 Å². The molecule has 3 N–H and O–H groups in total. The number of anilines is 1. The highest BCUT2D eigenvalue weighted by atomic mass is 35.5. The number of rotatable bonds is 1. The van der Waals surface area contributed by atoms with E-state index in [0.29, 0.717) is 5.56 Å². The van der Waals surface area contributed by atoms with Crippen LogP contribution in [0.25, 0.3) is 0 Å². The van der Waals surface area contributed by atoms with Crippen LogP contribution in [0.3, 0.4) is 0 Å². The average molecular weight is 211 g/mol. The Morgan fingerprint density at radius 2 is 2.43 bits per heavy atom. The van der Waals surface area contributed by atoms with Crippen molar-refractivity contribution in [3.05, 3.63) is 23.4 Å². The number of carboxylic acid groups (broad SMARTS) is 1. The van der Waals surface area contributed by atoms with E-state index >= 15 is 0 Å². The third kappa shape index (κ3) is 2.38. The summed E-state index contributed by atoms with van der Waals surface area (Å²) in [5.41, 5.74) is 5.91. The maximum absolute atomic E-state index is 10.6. The molecule has 4 nitrogen and oxygen atoms in total. The fourth-order valence-electron chi connectivity index (χ4n) is 0.821. The second-order valence-electron chi connectivity index (χ2n) is 2.40. The highest BCUT2D eigenvalue weighted by Gasteiger charge is 2.05. The van der Waals surface area contributed by atoms with Gasteiger partial charge in [0.25, 0.3) is 0 Å². The van der Waals surface area contributed by atoms with Crippen LogP contribution in [-0.2, 0) is 0 Å². The lowest BCUT2D eigenvalue weighted by Gasteiger charge is -1.98. The van der Waals surface area contributed by atoms with Gasteiger partial charge in [-0.1, -0.05) is 11.8 Å². The van der Waals surface area contributed by atoms with Gasteiger partial charge in [-0.05, 0) is 6.07 Å². The van der Waals surface area contributed by atoms with Crippen molar-refractivity contribution in [2.24, 2.45) is 0 Å². The molecule has 1 rings (SSSR count). The van der Waals surface area contributed by atoms with E-state index in [4.69, 9.17) is 22.4 Å². The number of pyridine rings is 1. The molecule has 1 aromatic rings. The lowest BCUT2D eigenvalue weighted by molar-refractivity contribution is 0.0696. The lowest BCUT2D eigenvalue weighted by atomic mass is 10.2. The Morgan fingerprint density at radius 1 is 1.71 bits per heavy atom. The third-order valence-corrected chi connectivity index (χ3v) is 1.59. The third-order valence-electron chi connectivity index (χ3n) is 1.46. The van der Waals surface area contributed by atoms with Crippen LogP contribution in [0.15, 0.2) is 12.3 Å². The Morgan fingerprint density at radius 3 is 3.00 bits per heavy atom. The van der Waals surface area contributed by atoms with Crippen molar-refractivity contribution < 1.29 is 9.90 Å². The number of carbonyl (C=O) groups is 1. The number of hydrogen-bond acceptors (Lipinski definition) is 3. The van der Waals surface area contributed by atoms with Crippen molar-refractivity contribution in [2.75, 3.05) is 11.6 Å². The molecule has 0 saturated carbocycles. The molecule has 0 bridgehead atoms. The summed E-state index contributed by atoms with van der Waals surface area (Å²) in [6.07, 6.45) is 1.18. The Bertz CT molecular complexity index is 421. The minimum atomic E-state index is -1.06. The van der Waals surface area contributed by atoms with E-state index in [9.17, 15) is 4.79 Å². The monoisotopic (exact) mass is 210 g/mol. The highest BCUT2D eigenvalue weighted by Crippen LogP contribution is 2.09. The number of aromatic nitrogens is 1. The molecule has 0 amide bonds. The Balaban J connectivity index is 3.14. The van der Waals surface area contributed by atoms with Crippen LogP contribution < -0.4 is 5.73 Å². The van der Waals surface area contributed by atoms with E-state index in [2.05, 4.69) is 16.8 Å². The zero-order valence-corrected chi connectivity index (χ0v) is 7.88. The summed E-state index contributed by atoms with van der Waals surface area (Å²) in [7, 11) is 0. The Labute approximate surface area is 85.7 Å². The minimum absolute atomic E-state index is 0.0538. The largest absolute Gasteiger partial charge is 0.478 e. The van der Waals surface area contributed by atoms with Gasteiger partial charge >= 0.3 is 5.97 Å². The number of aromatic carboxylic acids is 1. The smallest absolute Gasteiger partial charge is 0.337 e. The van der Waals surface area contributed by atoms with E-state index in [1.807, 2.05) is 0 Å². The van der Waals surface area contributed by atoms with Crippen LogP contribution in [0.5, 0.6) is 0 Å². The normalized spacial score (nSPS) is 8.93. The number of nitrogens with two attached hydrogens (primary N) is 1. The predicted octanol–water partition coefficient (Wildman–Crippen LogP) is 0.952. The average Bonchev–Trinajstić information content (AvgIpc) is 2.16. The highest BCUT2D eigenvalue weighted by molar-refractivity contribution is 6.19. The second-order valence-corrected chi connectivity index (χ2v) is 2.66. The number of hydrogen-bond donors (Lipinski definition) is 2. The number of alkyl halides is 1. The Kier molecular flexibility index (Phi) is 3.32. The molecule has 0 aromatic carbocycles. The molecule has 72 valence electrons. The number of nitrogen functional groups attached to an aromatic ring is 1. The number of halogens is 1. The van der Waals surface area contributed by atoms with Gasteiger partial charge in [-0.15, -0.1) is 11.6 Å². The standard InChI is InChI=1S/C9H7ClN2O2/c10-3-1-2-6-4-7(9(13)14)5-12-8(6)11/h4-5H,3H2,(H2,11,12)(H,13,14). The molecule has 0 aliphatic heterocycles. The van der Waals surface area contributed by atoms with Gasteiger partial charge in [0.2, 0.25) is 0 Å².